The highest BCUT2D eigenvalue weighted by Crippen LogP contribution is 2.39. The van der Waals surface area contributed by atoms with E-state index in [0.29, 0.717) is 11.5 Å². The zero-order chi connectivity index (χ0) is 12.4. The number of amides is 1. The average Bonchev–Trinajstić information content (AvgIpc) is 2.87. The molecule has 1 aromatic rings. The van der Waals surface area contributed by atoms with Gasteiger partial charge in [0.1, 0.15) is 16.9 Å². The van der Waals surface area contributed by atoms with Gasteiger partial charge in [0.15, 0.2) is 0 Å². The van der Waals surface area contributed by atoms with E-state index < -0.39 is 6.10 Å². The number of thioether (sulfide) groups is 1. The Hall–Kier alpha value is -0.980. The maximum atomic E-state index is 11.7. The molecule has 1 aliphatic heterocycles. The Kier molecular flexibility index (Phi) is 3.76. The number of rotatable bonds is 4. The molecule has 1 aliphatic rings. The van der Waals surface area contributed by atoms with Crippen LogP contribution in [-0.4, -0.2) is 46.0 Å². The third-order valence-corrected chi connectivity index (χ3v) is 3.81. The topological polar surface area (TPSA) is 73.9 Å². The number of nitrogens with zero attached hydrogens (tertiary/aromatic N) is 1. The Bertz CT molecular complexity index is 406. The maximum absolute atomic E-state index is 11.7. The number of hydrogen-bond donors (Lipinski definition) is 2. The number of carbonyl (C=O) groups is 1. The molecule has 1 unspecified atom stereocenters. The second kappa shape index (κ2) is 5.12. The molecule has 94 valence electrons. The Labute approximate surface area is 103 Å². The van der Waals surface area contributed by atoms with Crippen molar-refractivity contribution in [2.24, 2.45) is 0 Å². The molecular weight excluding hydrogens is 242 g/mol. The molecule has 1 fully saturated rings. The second-order valence-corrected chi connectivity index (χ2v) is 5.06. The van der Waals surface area contributed by atoms with Gasteiger partial charge in [0, 0.05) is 0 Å². The maximum Gasteiger partial charge on any atom is 0.234 e. The van der Waals surface area contributed by atoms with E-state index in [0.717, 1.165) is 5.76 Å². The van der Waals surface area contributed by atoms with E-state index in [2.05, 4.69) is 0 Å². The smallest absolute Gasteiger partial charge is 0.234 e. The number of aliphatic hydroxyl groups is 2. The molecule has 1 aromatic heterocycles. The zero-order valence-electron chi connectivity index (χ0n) is 9.50. The monoisotopic (exact) mass is 257 g/mol. The van der Waals surface area contributed by atoms with Gasteiger partial charge in [0.2, 0.25) is 5.91 Å². The number of carbonyl (C=O) groups excluding carboxylic acids is 1. The van der Waals surface area contributed by atoms with E-state index in [-0.39, 0.29) is 24.4 Å². The lowest BCUT2D eigenvalue weighted by Crippen LogP contribution is -2.36. The van der Waals surface area contributed by atoms with Gasteiger partial charge in [0.05, 0.1) is 25.0 Å². The van der Waals surface area contributed by atoms with Crippen molar-refractivity contribution in [3.63, 3.8) is 0 Å². The first-order valence-electron chi connectivity index (χ1n) is 5.38. The quantitative estimate of drug-likeness (QED) is 0.822. The normalized spacial score (nSPS) is 22.2. The molecule has 1 saturated heterocycles. The molecule has 0 radical (unpaired) electrons. The van der Waals surface area contributed by atoms with Gasteiger partial charge < -0.3 is 19.5 Å². The fourth-order valence-electron chi connectivity index (χ4n) is 1.76. The van der Waals surface area contributed by atoms with E-state index in [4.69, 9.17) is 9.52 Å². The first-order valence-corrected chi connectivity index (χ1v) is 6.43. The SMILES string of the molecule is Cc1ccc(C2SCC(=O)N2C[C@H](O)CO)o1. The molecule has 0 spiro atoms. The number of furan rings is 1. The molecular formula is C11H15NO4S. The van der Waals surface area contributed by atoms with Gasteiger partial charge in [-0.25, -0.2) is 0 Å². The van der Waals surface area contributed by atoms with Crippen molar-refractivity contribution in [2.75, 3.05) is 18.9 Å². The van der Waals surface area contributed by atoms with Crippen molar-refractivity contribution in [1.82, 2.24) is 4.90 Å². The van der Waals surface area contributed by atoms with Crippen LogP contribution < -0.4 is 0 Å². The minimum absolute atomic E-state index is 0.0402. The lowest BCUT2D eigenvalue weighted by Gasteiger charge is -2.24. The standard InChI is InChI=1S/C11H15NO4S/c1-7-2-3-9(16-7)11-12(4-8(14)5-13)10(15)6-17-11/h2-3,8,11,13-14H,4-6H2,1H3/t8-,11?/m0/s1. The van der Waals surface area contributed by atoms with Crippen LogP contribution >= 0.6 is 11.8 Å². The van der Waals surface area contributed by atoms with Crippen LogP contribution in [0, 0.1) is 6.92 Å². The van der Waals surface area contributed by atoms with Gasteiger partial charge in [-0.3, -0.25) is 4.79 Å². The largest absolute Gasteiger partial charge is 0.463 e. The molecule has 0 aliphatic carbocycles. The molecule has 6 heteroatoms. The van der Waals surface area contributed by atoms with Crippen molar-refractivity contribution >= 4 is 17.7 Å². The van der Waals surface area contributed by atoms with Crippen LogP contribution in [0.1, 0.15) is 16.9 Å². The molecule has 0 bridgehead atoms. The van der Waals surface area contributed by atoms with Crippen LogP contribution in [0.2, 0.25) is 0 Å². The van der Waals surface area contributed by atoms with Gasteiger partial charge in [-0.15, -0.1) is 11.8 Å². The predicted octanol–water partition coefficient (Wildman–Crippen LogP) is 0.515. The summed E-state index contributed by atoms with van der Waals surface area (Å²) in [5.74, 6) is 1.84. The molecule has 5 nitrogen and oxygen atoms in total. The fraction of sp³-hybridized carbons (Fsp3) is 0.545. The highest BCUT2D eigenvalue weighted by atomic mass is 32.2. The molecule has 0 saturated carbocycles. The van der Waals surface area contributed by atoms with Crippen molar-refractivity contribution in [1.29, 1.82) is 0 Å². The van der Waals surface area contributed by atoms with Gasteiger partial charge >= 0.3 is 0 Å². The minimum atomic E-state index is -0.906. The summed E-state index contributed by atoms with van der Waals surface area (Å²) < 4.78 is 5.50. The summed E-state index contributed by atoms with van der Waals surface area (Å²) in [5, 5.41) is 18.0. The second-order valence-electron chi connectivity index (χ2n) is 3.99. The number of aryl methyl sites for hydroxylation is 1. The summed E-state index contributed by atoms with van der Waals surface area (Å²) in [5.41, 5.74) is 0. The van der Waals surface area contributed by atoms with Crippen LogP contribution in [0.4, 0.5) is 0 Å². The third-order valence-electron chi connectivity index (χ3n) is 2.59. The molecule has 2 rings (SSSR count). The molecule has 2 heterocycles. The van der Waals surface area contributed by atoms with Crippen LogP contribution in [0.15, 0.2) is 16.5 Å². The first kappa shape index (κ1) is 12.5. The minimum Gasteiger partial charge on any atom is -0.463 e. The average molecular weight is 257 g/mol. The van der Waals surface area contributed by atoms with E-state index in [1.165, 1.54) is 11.8 Å². The lowest BCUT2D eigenvalue weighted by molar-refractivity contribution is -0.130. The first-order chi connectivity index (χ1) is 8.11. The number of aliphatic hydroxyl groups excluding tert-OH is 2. The Morgan fingerprint density at radius 1 is 1.65 bits per heavy atom. The summed E-state index contributed by atoms with van der Waals surface area (Å²) >= 11 is 1.47. The molecule has 2 atom stereocenters. The van der Waals surface area contributed by atoms with Crippen molar-refractivity contribution in [3.05, 3.63) is 23.7 Å². The number of hydrogen-bond acceptors (Lipinski definition) is 5. The molecule has 17 heavy (non-hydrogen) atoms. The van der Waals surface area contributed by atoms with Crippen LogP contribution in [0.25, 0.3) is 0 Å². The lowest BCUT2D eigenvalue weighted by atomic mass is 10.3. The predicted molar refractivity (Wildman–Crippen MR) is 63.4 cm³/mol. The fourth-order valence-corrected chi connectivity index (χ4v) is 2.90. The van der Waals surface area contributed by atoms with Crippen molar-refractivity contribution < 1.29 is 19.4 Å². The van der Waals surface area contributed by atoms with E-state index >= 15 is 0 Å². The van der Waals surface area contributed by atoms with E-state index in [9.17, 15) is 9.90 Å². The van der Waals surface area contributed by atoms with E-state index in [1.807, 2.05) is 19.1 Å². The third kappa shape index (κ3) is 2.65. The molecule has 1 amide bonds. The summed E-state index contributed by atoms with van der Waals surface area (Å²) in [4.78, 5) is 13.2. The Morgan fingerprint density at radius 2 is 2.41 bits per heavy atom. The van der Waals surface area contributed by atoms with Gasteiger partial charge in [-0.1, -0.05) is 0 Å². The highest BCUT2D eigenvalue weighted by molar-refractivity contribution is 8.00. The highest BCUT2D eigenvalue weighted by Gasteiger charge is 2.35. The molecule has 2 N–H and O–H groups in total. The summed E-state index contributed by atoms with van der Waals surface area (Å²) in [6.45, 7) is 1.63. The van der Waals surface area contributed by atoms with Crippen LogP contribution in [0.3, 0.4) is 0 Å². The zero-order valence-corrected chi connectivity index (χ0v) is 10.3. The van der Waals surface area contributed by atoms with Crippen molar-refractivity contribution in [3.8, 4) is 0 Å². The van der Waals surface area contributed by atoms with Gasteiger partial charge in [-0.2, -0.15) is 0 Å². The number of β-amino-alcohol motifs (C(OH)–C–C–N with tert-alkyl or cyclic N) is 1. The van der Waals surface area contributed by atoms with Gasteiger partial charge in [-0.05, 0) is 19.1 Å². The summed E-state index contributed by atoms with van der Waals surface area (Å²) in [7, 11) is 0. The Morgan fingerprint density at radius 3 is 3.00 bits per heavy atom. The van der Waals surface area contributed by atoms with E-state index in [1.54, 1.807) is 4.90 Å². The summed E-state index contributed by atoms with van der Waals surface area (Å²) in [6.07, 6.45) is -0.906. The summed E-state index contributed by atoms with van der Waals surface area (Å²) in [6, 6.07) is 3.68. The van der Waals surface area contributed by atoms with Crippen LogP contribution in [0.5, 0.6) is 0 Å². The van der Waals surface area contributed by atoms with Crippen LogP contribution in [-0.2, 0) is 4.79 Å². The van der Waals surface area contributed by atoms with Crippen molar-refractivity contribution in [2.45, 2.75) is 18.4 Å². The van der Waals surface area contributed by atoms with Gasteiger partial charge in [0.25, 0.3) is 0 Å². The molecule has 0 aromatic carbocycles. The Balaban J connectivity index is 2.13.